The number of nitrogens with two attached hydrogens (primary N) is 1. The highest BCUT2D eigenvalue weighted by molar-refractivity contribution is 5.53. The molecule has 0 spiro atoms. The summed E-state index contributed by atoms with van der Waals surface area (Å²) < 4.78 is 10.4. The first-order chi connectivity index (χ1) is 8.22. The second-order valence-electron chi connectivity index (χ2n) is 4.31. The van der Waals surface area contributed by atoms with Crippen molar-refractivity contribution in [1.82, 2.24) is 4.98 Å². The van der Waals surface area contributed by atoms with E-state index in [1.165, 1.54) is 0 Å². The minimum atomic E-state index is 0.364. The highest BCUT2D eigenvalue weighted by Crippen LogP contribution is 2.26. The van der Waals surface area contributed by atoms with Crippen LogP contribution in [0.3, 0.4) is 0 Å². The highest BCUT2D eigenvalue weighted by Gasteiger charge is 2.24. The van der Waals surface area contributed by atoms with Crippen molar-refractivity contribution in [2.45, 2.75) is 31.4 Å². The summed E-state index contributed by atoms with van der Waals surface area (Å²) in [5.41, 5.74) is 6.27. The number of methoxy groups -OCH3 is 2. The van der Waals surface area contributed by atoms with E-state index in [1.807, 2.05) is 6.07 Å². The molecule has 1 heterocycles. The number of pyridine rings is 1. The normalized spacial score (nSPS) is 23.6. The number of nitrogen functional groups attached to an aromatic ring is 1. The van der Waals surface area contributed by atoms with Crippen LogP contribution in [-0.2, 0) is 4.74 Å². The molecule has 0 saturated heterocycles. The Morgan fingerprint density at radius 1 is 1.35 bits per heavy atom. The lowest BCUT2D eigenvalue weighted by atomic mass is 10.2. The molecule has 5 heteroatoms. The fourth-order valence-electron chi connectivity index (χ4n) is 2.19. The molecule has 0 aliphatic heterocycles. The summed E-state index contributed by atoms with van der Waals surface area (Å²) in [6, 6.07) is 4.09. The molecular weight excluding hydrogens is 218 g/mol. The third-order valence-electron chi connectivity index (χ3n) is 3.15. The molecule has 0 aromatic carbocycles. The fourth-order valence-corrected chi connectivity index (χ4v) is 2.19. The van der Waals surface area contributed by atoms with Gasteiger partial charge in [0.1, 0.15) is 5.82 Å². The molecule has 5 nitrogen and oxygen atoms in total. The molecule has 1 saturated carbocycles. The van der Waals surface area contributed by atoms with Gasteiger partial charge in [-0.15, -0.1) is 0 Å². The van der Waals surface area contributed by atoms with E-state index in [1.54, 1.807) is 20.3 Å². The predicted molar refractivity (Wildman–Crippen MR) is 67.3 cm³/mol. The predicted octanol–water partition coefficient (Wildman–Crippen LogP) is 1.65. The number of nitrogens with one attached hydrogen (secondary N) is 1. The molecule has 2 unspecified atom stereocenters. The largest absolute Gasteiger partial charge is 0.479 e. The number of ether oxygens (including phenoxy) is 2. The summed E-state index contributed by atoms with van der Waals surface area (Å²) in [7, 11) is 3.33. The van der Waals surface area contributed by atoms with Gasteiger partial charge in [0.05, 0.1) is 18.9 Å². The van der Waals surface area contributed by atoms with Crippen LogP contribution < -0.4 is 15.8 Å². The standard InChI is InChI=1S/C12H19N3O2/c1-16-9-4-3-8(7-9)14-11-6-5-10(13)12(15-11)17-2/h5-6,8-9H,3-4,7,13H2,1-2H3,(H,14,15). The van der Waals surface area contributed by atoms with Crippen LogP contribution >= 0.6 is 0 Å². The molecule has 0 bridgehead atoms. The Morgan fingerprint density at radius 2 is 2.18 bits per heavy atom. The summed E-state index contributed by atoms with van der Waals surface area (Å²) in [6.45, 7) is 0. The summed E-state index contributed by atoms with van der Waals surface area (Å²) in [5.74, 6) is 1.27. The van der Waals surface area contributed by atoms with Crippen LogP contribution in [0.2, 0.25) is 0 Å². The van der Waals surface area contributed by atoms with Crippen LogP contribution in [0.5, 0.6) is 5.88 Å². The first-order valence-electron chi connectivity index (χ1n) is 5.82. The first kappa shape index (κ1) is 12.0. The lowest BCUT2D eigenvalue weighted by molar-refractivity contribution is 0.108. The quantitative estimate of drug-likeness (QED) is 0.833. The lowest BCUT2D eigenvalue weighted by Crippen LogP contribution is -2.18. The van der Waals surface area contributed by atoms with Gasteiger partial charge in [0.25, 0.3) is 0 Å². The minimum Gasteiger partial charge on any atom is -0.479 e. The number of rotatable bonds is 4. The third kappa shape index (κ3) is 2.79. The Labute approximate surface area is 101 Å². The zero-order valence-corrected chi connectivity index (χ0v) is 10.3. The van der Waals surface area contributed by atoms with E-state index >= 15 is 0 Å². The molecule has 17 heavy (non-hydrogen) atoms. The van der Waals surface area contributed by atoms with Crippen molar-refractivity contribution in [3.8, 4) is 5.88 Å². The van der Waals surface area contributed by atoms with Crippen LogP contribution in [0.1, 0.15) is 19.3 Å². The van der Waals surface area contributed by atoms with Gasteiger partial charge in [-0.25, -0.2) is 0 Å². The molecule has 2 rings (SSSR count). The van der Waals surface area contributed by atoms with Crippen LogP contribution in [0.4, 0.5) is 11.5 Å². The summed E-state index contributed by atoms with van der Waals surface area (Å²) in [4.78, 5) is 4.31. The Bertz CT molecular complexity index is 384. The molecule has 3 N–H and O–H groups in total. The van der Waals surface area contributed by atoms with Gasteiger partial charge in [0.15, 0.2) is 0 Å². The van der Waals surface area contributed by atoms with Gasteiger partial charge >= 0.3 is 0 Å². The van der Waals surface area contributed by atoms with Crippen LogP contribution in [0, 0.1) is 0 Å². The van der Waals surface area contributed by atoms with Crippen molar-refractivity contribution in [1.29, 1.82) is 0 Å². The molecule has 2 atom stereocenters. The van der Waals surface area contributed by atoms with Crippen molar-refractivity contribution < 1.29 is 9.47 Å². The van der Waals surface area contributed by atoms with Gasteiger partial charge in [-0.2, -0.15) is 4.98 Å². The van der Waals surface area contributed by atoms with Crippen molar-refractivity contribution in [2.75, 3.05) is 25.3 Å². The number of nitrogens with zero attached hydrogens (tertiary/aromatic N) is 1. The number of hydrogen-bond acceptors (Lipinski definition) is 5. The van der Waals surface area contributed by atoms with Gasteiger partial charge in [0, 0.05) is 13.2 Å². The summed E-state index contributed by atoms with van der Waals surface area (Å²) in [5, 5.41) is 3.38. The maximum atomic E-state index is 5.72. The number of anilines is 2. The van der Waals surface area contributed by atoms with E-state index in [9.17, 15) is 0 Å². The maximum absolute atomic E-state index is 5.72. The molecular formula is C12H19N3O2. The summed E-state index contributed by atoms with van der Waals surface area (Å²) >= 11 is 0. The highest BCUT2D eigenvalue weighted by atomic mass is 16.5. The van der Waals surface area contributed by atoms with E-state index < -0.39 is 0 Å². The Kier molecular flexibility index (Phi) is 3.68. The number of aromatic nitrogens is 1. The lowest BCUT2D eigenvalue weighted by Gasteiger charge is -2.14. The molecule has 1 fully saturated rings. The topological polar surface area (TPSA) is 69.4 Å². The van der Waals surface area contributed by atoms with Gasteiger partial charge < -0.3 is 20.5 Å². The average Bonchev–Trinajstić information content (AvgIpc) is 2.79. The SMILES string of the molecule is COc1nc(NC2CCC(OC)C2)ccc1N. The molecule has 1 aromatic rings. The summed E-state index contributed by atoms with van der Waals surface area (Å²) in [6.07, 6.45) is 3.58. The van der Waals surface area contributed by atoms with E-state index in [-0.39, 0.29) is 0 Å². The van der Waals surface area contributed by atoms with Crippen LogP contribution in [0.15, 0.2) is 12.1 Å². The smallest absolute Gasteiger partial charge is 0.238 e. The van der Waals surface area contributed by atoms with Gasteiger partial charge in [-0.1, -0.05) is 0 Å². The molecule has 1 aliphatic carbocycles. The zero-order chi connectivity index (χ0) is 12.3. The van der Waals surface area contributed by atoms with E-state index in [0.717, 1.165) is 25.1 Å². The van der Waals surface area contributed by atoms with E-state index in [4.69, 9.17) is 15.2 Å². The van der Waals surface area contributed by atoms with Crippen molar-refractivity contribution >= 4 is 11.5 Å². The first-order valence-corrected chi connectivity index (χ1v) is 5.82. The van der Waals surface area contributed by atoms with Crippen LogP contribution in [0.25, 0.3) is 0 Å². The molecule has 0 radical (unpaired) electrons. The molecule has 0 amide bonds. The van der Waals surface area contributed by atoms with Crippen molar-refractivity contribution in [2.24, 2.45) is 0 Å². The zero-order valence-electron chi connectivity index (χ0n) is 10.3. The Balaban J connectivity index is 1.99. The maximum Gasteiger partial charge on any atom is 0.238 e. The Hall–Kier alpha value is -1.49. The van der Waals surface area contributed by atoms with Crippen molar-refractivity contribution in [3.63, 3.8) is 0 Å². The van der Waals surface area contributed by atoms with E-state index in [0.29, 0.717) is 23.7 Å². The van der Waals surface area contributed by atoms with Crippen LogP contribution in [-0.4, -0.2) is 31.3 Å². The third-order valence-corrected chi connectivity index (χ3v) is 3.15. The monoisotopic (exact) mass is 237 g/mol. The second kappa shape index (κ2) is 5.23. The Morgan fingerprint density at radius 3 is 2.82 bits per heavy atom. The molecule has 94 valence electrons. The number of hydrogen-bond donors (Lipinski definition) is 2. The van der Waals surface area contributed by atoms with Gasteiger partial charge in [-0.3, -0.25) is 0 Å². The van der Waals surface area contributed by atoms with E-state index in [2.05, 4.69) is 10.3 Å². The average molecular weight is 237 g/mol. The van der Waals surface area contributed by atoms with Gasteiger partial charge in [-0.05, 0) is 31.4 Å². The minimum absolute atomic E-state index is 0.364. The molecule has 1 aliphatic rings. The van der Waals surface area contributed by atoms with Crippen molar-refractivity contribution in [3.05, 3.63) is 12.1 Å². The second-order valence-corrected chi connectivity index (χ2v) is 4.31. The van der Waals surface area contributed by atoms with Gasteiger partial charge in [0.2, 0.25) is 5.88 Å². The fraction of sp³-hybridized carbons (Fsp3) is 0.583. The molecule has 1 aromatic heterocycles.